The predicted molar refractivity (Wildman–Crippen MR) is 120 cm³/mol. The van der Waals surface area contributed by atoms with Crippen molar-refractivity contribution in [1.29, 1.82) is 0 Å². The number of halogens is 2. The Morgan fingerprint density at radius 1 is 1.28 bits per heavy atom. The third-order valence-electron chi connectivity index (χ3n) is 3.83. The van der Waals surface area contributed by atoms with Crippen molar-refractivity contribution in [2.45, 2.75) is 6.61 Å². The second kappa shape index (κ2) is 11.4. The highest BCUT2D eigenvalue weighted by atomic mass is 79.9. The average molecular weight is 479 g/mol. The van der Waals surface area contributed by atoms with E-state index < -0.39 is 0 Å². The molecule has 0 aliphatic carbocycles. The zero-order valence-corrected chi connectivity index (χ0v) is 18.4. The summed E-state index contributed by atoms with van der Waals surface area (Å²) in [5.74, 6) is -0.355. The van der Waals surface area contributed by atoms with Gasteiger partial charge in [0.15, 0.2) is 5.71 Å². The summed E-state index contributed by atoms with van der Waals surface area (Å²) in [5, 5.41) is 6.39. The van der Waals surface area contributed by atoms with Crippen molar-refractivity contribution in [3.63, 3.8) is 0 Å². The molecular formula is C21H21BrClN3O3. The normalized spacial score (nSPS) is 11.7. The van der Waals surface area contributed by atoms with Crippen LogP contribution in [-0.4, -0.2) is 25.8 Å². The summed E-state index contributed by atoms with van der Waals surface area (Å²) in [5.41, 5.74) is 6.73. The number of nitrogens with zero attached hydrogens (tertiary/aromatic N) is 1. The summed E-state index contributed by atoms with van der Waals surface area (Å²) in [6.07, 6.45) is 1.78. The number of rotatable bonds is 9. The monoisotopic (exact) mass is 477 g/mol. The van der Waals surface area contributed by atoms with E-state index in [0.717, 1.165) is 16.7 Å². The van der Waals surface area contributed by atoms with Gasteiger partial charge in [-0.15, -0.1) is 0 Å². The molecule has 6 nitrogen and oxygen atoms in total. The van der Waals surface area contributed by atoms with Crippen molar-refractivity contribution in [1.82, 2.24) is 10.8 Å². The molecule has 2 N–H and O–H groups in total. The molecule has 0 radical (unpaired) electrons. The van der Waals surface area contributed by atoms with Gasteiger partial charge in [0.2, 0.25) is 0 Å². The van der Waals surface area contributed by atoms with E-state index in [-0.39, 0.29) is 18.2 Å². The maximum absolute atomic E-state index is 12.1. The van der Waals surface area contributed by atoms with Gasteiger partial charge in [-0.2, -0.15) is 0 Å². The van der Waals surface area contributed by atoms with Crippen LogP contribution in [0, 0.1) is 0 Å². The summed E-state index contributed by atoms with van der Waals surface area (Å²) >= 11 is 9.06. The molecule has 0 fully saturated rings. The van der Waals surface area contributed by atoms with Gasteiger partial charge >= 0.3 is 0 Å². The fourth-order valence-electron chi connectivity index (χ4n) is 2.50. The van der Waals surface area contributed by atoms with Crippen molar-refractivity contribution in [3.05, 3.63) is 81.3 Å². The van der Waals surface area contributed by atoms with Crippen LogP contribution < -0.4 is 10.8 Å². The Hall–Kier alpha value is -2.61. The zero-order chi connectivity index (χ0) is 21.2. The second-order valence-electron chi connectivity index (χ2n) is 5.79. The highest BCUT2D eigenvalue weighted by Gasteiger charge is 2.17. The molecule has 152 valence electrons. The molecule has 0 aliphatic rings. The maximum atomic E-state index is 12.1. The van der Waals surface area contributed by atoms with E-state index in [1.54, 1.807) is 12.1 Å². The lowest BCUT2D eigenvalue weighted by Gasteiger charge is -2.13. The molecule has 0 atom stereocenters. The lowest BCUT2D eigenvalue weighted by molar-refractivity contribution is -0.114. The topological polar surface area (TPSA) is 71.9 Å². The molecule has 0 aromatic heterocycles. The number of hydroxylamine groups is 1. The summed E-state index contributed by atoms with van der Waals surface area (Å²) in [7, 11) is 2.92. The molecule has 29 heavy (non-hydrogen) atoms. The minimum atomic E-state index is -0.355. The Kier molecular flexibility index (Phi) is 8.92. The van der Waals surface area contributed by atoms with E-state index in [9.17, 15) is 4.79 Å². The molecule has 0 spiro atoms. The van der Waals surface area contributed by atoms with Crippen LogP contribution in [0.4, 0.5) is 0 Å². The van der Waals surface area contributed by atoms with Gasteiger partial charge in [0.05, 0.1) is 9.64 Å². The van der Waals surface area contributed by atoms with Gasteiger partial charge in [-0.3, -0.25) is 15.1 Å². The molecule has 8 heteroatoms. The Balaban J connectivity index is 2.10. The zero-order valence-electron chi connectivity index (χ0n) is 16.0. The molecular weight excluding hydrogens is 458 g/mol. The number of carbonyl (C=O) groups excluding carboxylic acids is 1. The minimum Gasteiger partial charge on any atom is -0.398 e. The summed E-state index contributed by atoms with van der Waals surface area (Å²) in [6.45, 7) is 4.18. The molecule has 0 unspecified atom stereocenters. The fraction of sp³-hybridized carbons (Fsp3) is 0.143. The fourth-order valence-corrected chi connectivity index (χ4v) is 2.89. The SMILES string of the molecule is C=C(NOCc1ccccc1C(=NOC)C(=O)NC)c1cccc(C=C(Cl)Br)c1. The van der Waals surface area contributed by atoms with Crippen molar-refractivity contribution in [2.75, 3.05) is 14.2 Å². The number of oxime groups is 1. The van der Waals surface area contributed by atoms with Crippen LogP contribution in [0.25, 0.3) is 11.8 Å². The maximum Gasteiger partial charge on any atom is 0.273 e. The van der Waals surface area contributed by atoms with E-state index in [1.165, 1.54) is 14.2 Å². The molecule has 0 saturated carbocycles. The third kappa shape index (κ3) is 6.74. The molecule has 0 saturated heterocycles. The van der Waals surface area contributed by atoms with Crippen molar-refractivity contribution >= 4 is 50.9 Å². The van der Waals surface area contributed by atoms with E-state index in [1.807, 2.05) is 42.5 Å². The highest BCUT2D eigenvalue weighted by Crippen LogP contribution is 2.19. The number of hydrogen-bond donors (Lipinski definition) is 2. The van der Waals surface area contributed by atoms with Crippen LogP contribution in [0.2, 0.25) is 0 Å². The molecule has 1 amide bonds. The first-order valence-electron chi connectivity index (χ1n) is 8.57. The molecule has 0 heterocycles. The van der Waals surface area contributed by atoms with Gasteiger partial charge in [0.1, 0.15) is 13.7 Å². The molecule has 0 aliphatic heterocycles. The van der Waals surface area contributed by atoms with Crippen LogP contribution in [-0.2, 0) is 21.1 Å². The Morgan fingerprint density at radius 2 is 2.03 bits per heavy atom. The number of amides is 1. The van der Waals surface area contributed by atoms with Crippen molar-refractivity contribution in [3.8, 4) is 0 Å². The summed E-state index contributed by atoms with van der Waals surface area (Å²) in [6, 6.07) is 14.9. The van der Waals surface area contributed by atoms with E-state index in [0.29, 0.717) is 15.2 Å². The smallest absolute Gasteiger partial charge is 0.273 e. The lowest BCUT2D eigenvalue weighted by Crippen LogP contribution is -2.29. The Labute approximate surface area is 183 Å². The first-order chi connectivity index (χ1) is 14.0. The van der Waals surface area contributed by atoms with Gasteiger partial charge in [0, 0.05) is 12.6 Å². The molecule has 0 bridgehead atoms. The molecule has 2 rings (SSSR count). The lowest BCUT2D eigenvalue weighted by atomic mass is 10.0. The first kappa shape index (κ1) is 22.7. The van der Waals surface area contributed by atoms with E-state index >= 15 is 0 Å². The van der Waals surface area contributed by atoms with Gasteiger partial charge in [-0.05, 0) is 44.8 Å². The predicted octanol–water partition coefficient (Wildman–Crippen LogP) is 4.41. The van der Waals surface area contributed by atoms with Crippen LogP contribution in [0.1, 0.15) is 22.3 Å². The largest absolute Gasteiger partial charge is 0.398 e. The second-order valence-corrected chi connectivity index (χ2v) is 7.51. The molecule has 2 aromatic carbocycles. The number of benzene rings is 2. The number of carbonyl (C=O) groups is 1. The standard InChI is InChI=1S/C21H21BrClN3O3/c1-14(16-9-6-7-15(11-16)12-19(22)23)25-29-13-17-8-4-5-10-18(17)20(26-28-3)21(27)24-2/h4-12,25H,1,13H2,2-3H3,(H,24,27). The number of nitrogens with one attached hydrogen (secondary N) is 2. The third-order valence-corrected chi connectivity index (χ3v) is 4.17. The van der Waals surface area contributed by atoms with Crippen LogP contribution >= 0.6 is 27.5 Å². The highest BCUT2D eigenvalue weighted by molar-refractivity contribution is 9.12. The van der Waals surface area contributed by atoms with Crippen LogP contribution in [0.5, 0.6) is 0 Å². The molecule has 2 aromatic rings. The van der Waals surface area contributed by atoms with Gasteiger partial charge in [0.25, 0.3) is 5.91 Å². The number of hydrogen-bond acceptors (Lipinski definition) is 5. The quantitative estimate of drug-likeness (QED) is 0.414. The minimum absolute atomic E-state index is 0.166. The first-order valence-corrected chi connectivity index (χ1v) is 9.74. The van der Waals surface area contributed by atoms with Crippen molar-refractivity contribution < 1.29 is 14.5 Å². The van der Waals surface area contributed by atoms with E-state index in [2.05, 4.69) is 38.5 Å². The van der Waals surface area contributed by atoms with Crippen LogP contribution in [0.3, 0.4) is 0 Å². The van der Waals surface area contributed by atoms with E-state index in [4.69, 9.17) is 21.3 Å². The summed E-state index contributed by atoms with van der Waals surface area (Å²) in [4.78, 5) is 22.5. The average Bonchev–Trinajstić information content (AvgIpc) is 2.71. The van der Waals surface area contributed by atoms with Gasteiger partial charge in [-0.25, -0.2) is 0 Å². The summed E-state index contributed by atoms with van der Waals surface area (Å²) < 4.78 is 0.505. The van der Waals surface area contributed by atoms with Crippen LogP contribution in [0.15, 0.2) is 64.2 Å². The van der Waals surface area contributed by atoms with Crippen molar-refractivity contribution in [2.24, 2.45) is 5.16 Å². The Bertz CT molecular complexity index is 940. The van der Waals surface area contributed by atoms with Gasteiger partial charge in [-0.1, -0.05) is 65.8 Å². The van der Waals surface area contributed by atoms with Gasteiger partial charge < -0.3 is 10.2 Å². The Morgan fingerprint density at radius 3 is 2.72 bits per heavy atom. The number of likely N-dealkylation sites (N-methyl/N-ethyl adjacent to an activating group) is 1.